The Labute approximate surface area is 192 Å². The first-order chi connectivity index (χ1) is 16.2. The standard InChI is InChI=1S/C22H22F3N5O4/c1-2-34-18-11-16-14(12-30(28-16)13-20(31)29-6-8-33-9-7-29)10-17(18)27-21(32)15-4-3-5-19(26-15)22(23,24)25/h3-5,10-12H,2,6-9,13H2,1H3,(H,27,32). The molecule has 0 aliphatic carbocycles. The van der Waals surface area contributed by atoms with E-state index in [9.17, 15) is 22.8 Å². The molecule has 0 bridgehead atoms. The highest BCUT2D eigenvalue weighted by atomic mass is 19.4. The molecule has 3 aromatic rings. The molecule has 1 aliphatic heterocycles. The number of alkyl halides is 3. The molecule has 0 radical (unpaired) electrons. The Morgan fingerprint density at radius 3 is 2.68 bits per heavy atom. The van der Waals surface area contributed by atoms with Crippen molar-refractivity contribution < 1.29 is 32.2 Å². The topological polar surface area (TPSA) is 98.6 Å². The van der Waals surface area contributed by atoms with Gasteiger partial charge in [-0.2, -0.15) is 18.3 Å². The summed E-state index contributed by atoms with van der Waals surface area (Å²) in [7, 11) is 0. The van der Waals surface area contributed by atoms with Crippen LogP contribution >= 0.6 is 0 Å². The van der Waals surface area contributed by atoms with Gasteiger partial charge in [-0.05, 0) is 25.1 Å². The third-order valence-electron chi connectivity index (χ3n) is 5.13. The van der Waals surface area contributed by atoms with Crippen LogP contribution in [0.3, 0.4) is 0 Å². The lowest BCUT2D eigenvalue weighted by atomic mass is 10.2. The van der Waals surface area contributed by atoms with Crippen molar-refractivity contribution in [2.45, 2.75) is 19.6 Å². The summed E-state index contributed by atoms with van der Waals surface area (Å²) in [4.78, 5) is 30.3. The van der Waals surface area contributed by atoms with E-state index in [0.29, 0.717) is 43.0 Å². The fourth-order valence-corrected chi connectivity index (χ4v) is 3.51. The summed E-state index contributed by atoms with van der Waals surface area (Å²) in [5, 5.41) is 7.60. The monoisotopic (exact) mass is 477 g/mol. The maximum atomic E-state index is 13.0. The van der Waals surface area contributed by atoms with Gasteiger partial charge in [0.15, 0.2) is 0 Å². The van der Waals surface area contributed by atoms with E-state index in [4.69, 9.17) is 9.47 Å². The van der Waals surface area contributed by atoms with Gasteiger partial charge in [-0.1, -0.05) is 6.07 Å². The van der Waals surface area contributed by atoms with Gasteiger partial charge in [-0.15, -0.1) is 0 Å². The van der Waals surface area contributed by atoms with Crippen molar-refractivity contribution in [3.8, 4) is 5.75 Å². The van der Waals surface area contributed by atoms with E-state index in [-0.39, 0.29) is 30.4 Å². The summed E-state index contributed by atoms with van der Waals surface area (Å²) in [5.74, 6) is -0.619. The van der Waals surface area contributed by atoms with Crippen LogP contribution in [-0.2, 0) is 22.3 Å². The molecule has 1 saturated heterocycles. The van der Waals surface area contributed by atoms with Crippen LogP contribution in [0.15, 0.2) is 36.5 Å². The number of ether oxygens (including phenoxy) is 2. The summed E-state index contributed by atoms with van der Waals surface area (Å²) < 4.78 is 51.2. The molecule has 12 heteroatoms. The highest BCUT2D eigenvalue weighted by Gasteiger charge is 2.33. The van der Waals surface area contributed by atoms with E-state index in [0.717, 1.165) is 12.1 Å². The number of hydrogen-bond acceptors (Lipinski definition) is 6. The van der Waals surface area contributed by atoms with Gasteiger partial charge >= 0.3 is 6.18 Å². The van der Waals surface area contributed by atoms with Crippen LogP contribution in [-0.4, -0.2) is 64.4 Å². The van der Waals surface area contributed by atoms with Crippen molar-refractivity contribution >= 4 is 28.4 Å². The van der Waals surface area contributed by atoms with Gasteiger partial charge in [0.25, 0.3) is 5.91 Å². The number of amides is 2. The largest absolute Gasteiger partial charge is 0.492 e. The quantitative estimate of drug-likeness (QED) is 0.586. The minimum atomic E-state index is -4.67. The number of nitrogens with one attached hydrogen (secondary N) is 1. The molecule has 1 aromatic carbocycles. The summed E-state index contributed by atoms with van der Waals surface area (Å²) in [6, 6.07) is 6.30. The van der Waals surface area contributed by atoms with Crippen molar-refractivity contribution in [2.24, 2.45) is 0 Å². The van der Waals surface area contributed by atoms with Gasteiger partial charge in [0.05, 0.1) is 31.0 Å². The van der Waals surface area contributed by atoms with Crippen molar-refractivity contribution in [3.05, 3.63) is 47.9 Å². The first-order valence-corrected chi connectivity index (χ1v) is 10.6. The number of carbonyl (C=O) groups excluding carboxylic acids is 2. The molecule has 0 atom stereocenters. The van der Waals surface area contributed by atoms with E-state index >= 15 is 0 Å². The number of carbonyl (C=O) groups is 2. The van der Waals surface area contributed by atoms with Crippen LogP contribution in [0, 0.1) is 0 Å². The SMILES string of the molecule is CCOc1cc2nn(CC(=O)N3CCOCC3)cc2cc1NC(=O)c1cccc(C(F)(F)F)n1. The van der Waals surface area contributed by atoms with Crippen molar-refractivity contribution in [3.63, 3.8) is 0 Å². The van der Waals surface area contributed by atoms with Gasteiger partial charge in [0, 0.05) is 30.7 Å². The Balaban J connectivity index is 1.57. The number of aromatic nitrogens is 3. The molecule has 4 rings (SSSR count). The second-order valence-electron chi connectivity index (χ2n) is 7.52. The predicted molar refractivity (Wildman–Crippen MR) is 115 cm³/mol. The third-order valence-corrected chi connectivity index (χ3v) is 5.13. The zero-order valence-electron chi connectivity index (χ0n) is 18.3. The molecule has 2 amide bonds. The number of anilines is 1. The zero-order valence-corrected chi connectivity index (χ0v) is 18.3. The van der Waals surface area contributed by atoms with Gasteiger partial charge in [-0.3, -0.25) is 14.3 Å². The number of nitrogens with zero attached hydrogens (tertiary/aromatic N) is 4. The molecule has 180 valence electrons. The third kappa shape index (κ3) is 5.28. The summed E-state index contributed by atoms with van der Waals surface area (Å²) >= 11 is 0. The first-order valence-electron chi connectivity index (χ1n) is 10.6. The molecule has 2 aromatic heterocycles. The smallest absolute Gasteiger partial charge is 0.433 e. The second kappa shape index (κ2) is 9.67. The van der Waals surface area contributed by atoms with Crippen LogP contribution in [0.2, 0.25) is 0 Å². The molecular weight excluding hydrogens is 455 g/mol. The predicted octanol–water partition coefficient (Wildman–Crippen LogP) is 2.96. The van der Waals surface area contributed by atoms with Crippen LogP contribution in [0.5, 0.6) is 5.75 Å². The highest BCUT2D eigenvalue weighted by molar-refractivity contribution is 6.05. The molecule has 9 nitrogen and oxygen atoms in total. The fourth-order valence-electron chi connectivity index (χ4n) is 3.51. The number of halogens is 3. The second-order valence-corrected chi connectivity index (χ2v) is 7.52. The lowest BCUT2D eigenvalue weighted by Crippen LogP contribution is -2.42. The van der Waals surface area contributed by atoms with Crippen molar-refractivity contribution in [1.82, 2.24) is 19.7 Å². The number of pyridine rings is 1. The first kappa shape index (κ1) is 23.5. The van der Waals surface area contributed by atoms with Crippen LogP contribution in [0.4, 0.5) is 18.9 Å². The maximum absolute atomic E-state index is 13.0. The average molecular weight is 477 g/mol. The molecule has 3 heterocycles. The molecule has 1 N–H and O–H groups in total. The molecule has 1 fully saturated rings. The van der Waals surface area contributed by atoms with Gasteiger partial charge in [0.1, 0.15) is 23.7 Å². The maximum Gasteiger partial charge on any atom is 0.433 e. The average Bonchev–Trinajstić information content (AvgIpc) is 3.20. The highest BCUT2D eigenvalue weighted by Crippen LogP contribution is 2.31. The Kier molecular flexibility index (Phi) is 6.68. The minimum absolute atomic E-state index is 0.0362. The molecule has 1 aliphatic rings. The van der Waals surface area contributed by atoms with Gasteiger partial charge in [0.2, 0.25) is 5.91 Å². The molecule has 0 unspecified atom stereocenters. The Morgan fingerprint density at radius 1 is 1.21 bits per heavy atom. The number of rotatable bonds is 6. The van der Waals surface area contributed by atoms with Crippen molar-refractivity contribution in [2.75, 3.05) is 38.2 Å². The number of fused-ring (bicyclic) bond motifs is 1. The zero-order chi connectivity index (χ0) is 24.3. The summed E-state index contributed by atoms with van der Waals surface area (Å²) in [5.41, 5.74) is -0.762. The molecule has 0 saturated carbocycles. The fraction of sp³-hybridized carbons (Fsp3) is 0.364. The molecule has 34 heavy (non-hydrogen) atoms. The van der Waals surface area contributed by atoms with E-state index < -0.39 is 17.8 Å². The van der Waals surface area contributed by atoms with Gasteiger partial charge < -0.3 is 19.7 Å². The number of hydrogen-bond donors (Lipinski definition) is 1. The van der Waals surface area contributed by atoms with E-state index in [1.54, 1.807) is 30.2 Å². The number of morpholine rings is 1. The number of benzene rings is 1. The lowest BCUT2D eigenvalue weighted by Gasteiger charge is -2.26. The Morgan fingerprint density at radius 2 is 1.97 bits per heavy atom. The lowest BCUT2D eigenvalue weighted by molar-refractivity contribution is -0.141. The van der Waals surface area contributed by atoms with Crippen LogP contribution < -0.4 is 10.1 Å². The normalized spacial score (nSPS) is 14.3. The Bertz CT molecular complexity index is 1200. The van der Waals surface area contributed by atoms with Crippen molar-refractivity contribution in [1.29, 1.82) is 0 Å². The molecule has 0 spiro atoms. The Hall–Kier alpha value is -3.67. The van der Waals surface area contributed by atoms with Gasteiger partial charge in [-0.25, -0.2) is 4.98 Å². The minimum Gasteiger partial charge on any atom is -0.492 e. The van der Waals surface area contributed by atoms with E-state index in [2.05, 4.69) is 15.4 Å². The summed E-state index contributed by atoms with van der Waals surface area (Å²) in [6.45, 7) is 4.11. The molecular formula is C22H22F3N5O4. The van der Waals surface area contributed by atoms with Crippen LogP contribution in [0.25, 0.3) is 10.9 Å². The van der Waals surface area contributed by atoms with E-state index in [1.807, 2.05) is 0 Å². The van der Waals surface area contributed by atoms with Crippen LogP contribution in [0.1, 0.15) is 23.1 Å². The van der Waals surface area contributed by atoms with E-state index in [1.165, 1.54) is 10.7 Å². The summed E-state index contributed by atoms with van der Waals surface area (Å²) in [6.07, 6.45) is -3.01.